The SMILES string of the molecule is O=C(Nc1ccc(Br)c([N+](=O)[O-])c1)c1ccc(Cl)o1. The Kier molecular flexibility index (Phi) is 3.87. The molecule has 6 nitrogen and oxygen atoms in total. The molecule has 0 radical (unpaired) electrons. The van der Waals surface area contributed by atoms with Gasteiger partial charge in [0.1, 0.15) is 0 Å². The lowest BCUT2D eigenvalue weighted by atomic mass is 10.2. The molecule has 2 rings (SSSR count). The number of hydrogen-bond donors (Lipinski definition) is 1. The summed E-state index contributed by atoms with van der Waals surface area (Å²) < 4.78 is 5.26. The monoisotopic (exact) mass is 344 g/mol. The molecule has 0 saturated heterocycles. The van der Waals surface area contributed by atoms with Crippen molar-refractivity contribution in [3.63, 3.8) is 0 Å². The Hall–Kier alpha value is -1.86. The van der Waals surface area contributed by atoms with Gasteiger partial charge >= 0.3 is 0 Å². The average molecular weight is 346 g/mol. The fourth-order valence-corrected chi connectivity index (χ4v) is 1.90. The van der Waals surface area contributed by atoms with E-state index in [0.29, 0.717) is 4.47 Å². The first-order valence-corrected chi connectivity index (χ1v) is 6.15. The second kappa shape index (κ2) is 5.41. The molecular formula is C11H6BrClN2O4. The molecule has 8 heteroatoms. The summed E-state index contributed by atoms with van der Waals surface area (Å²) in [6, 6.07) is 7.08. The van der Waals surface area contributed by atoms with Gasteiger partial charge < -0.3 is 9.73 Å². The van der Waals surface area contributed by atoms with Crippen LogP contribution in [0.3, 0.4) is 0 Å². The van der Waals surface area contributed by atoms with Crippen molar-refractivity contribution in [1.29, 1.82) is 0 Å². The van der Waals surface area contributed by atoms with Crippen molar-refractivity contribution < 1.29 is 14.1 Å². The number of nitro benzene ring substituents is 1. The van der Waals surface area contributed by atoms with Crippen LogP contribution >= 0.6 is 27.5 Å². The number of carbonyl (C=O) groups excluding carboxylic acids is 1. The summed E-state index contributed by atoms with van der Waals surface area (Å²) in [7, 11) is 0. The number of nitro groups is 1. The van der Waals surface area contributed by atoms with Gasteiger partial charge in [0.05, 0.1) is 9.40 Å². The molecule has 98 valence electrons. The lowest BCUT2D eigenvalue weighted by Gasteiger charge is -2.03. The van der Waals surface area contributed by atoms with Gasteiger partial charge in [0.25, 0.3) is 11.6 Å². The highest BCUT2D eigenvalue weighted by Gasteiger charge is 2.15. The third kappa shape index (κ3) is 3.12. The maximum absolute atomic E-state index is 11.7. The summed E-state index contributed by atoms with van der Waals surface area (Å²) in [5, 5.41) is 13.3. The third-order valence-corrected chi connectivity index (χ3v) is 3.07. The highest BCUT2D eigenvalue weighted by atomic mass is 79.9. The van der Waals surface area contributed by atoms with Gasteiger partial charge in [0, 0.05) is 11.8 Å². The van der Waals surface area contributed by atoms with Gasteiger partial charge in [-0.05, 0) is 51.8 Å². The number of halogens is 2. The van der Waals surface area contributed by atoms with Crippen molar-refractivity contribution >= 4 is 44.8 Å². The van der Waals surface area contributed by atoms with Crippen LogP contribution in [0.5, 0.6) is 0 Å². The number of hydrogen-bond acceptors (Lipinski definition) is 4. The van der Waals surface area contributed by atoms with Crippen LogP contribution in [0.4, 0.5) is 11.4 Å². The van der Waals surface area contributed by atoms with Gasteiger partial charge in [-0.2, -0.15) is 0 Å². The maximum Gasteiger partial charge on any atom is 0.291 e. The molecule has 1 N–H and O–H groups in total. The van der Waals surface area contributed by atoms with E-state index in [9.17, 15) is 14.9 Å². The van der Waals surface area contributed by atoms with Crippen LogP contribution < -0.4 is 5.32 Å². The molecule has 0 fully saturated rings. The number of amides is 1. The van der Waals surface area contributed by atoms with Crippen molar-refractivity contribution in [1.82, 2.24) is 0 Å². The van der Waals surface area contributed by atoms with Crippen LogP contribution in [-0.4, -0.2) is 10.8 Å². The molecule has 0 atom stereocenters. The van der Waals surface area contributed by atoms with Gasteiger partial charge in [-0.3, -0.25) is 14.9 Å². The number of furan rings is 1. The van der Waals surface area contributed by atoms with Gasteiger partial charge in [0.15, 0.2) is 11.0 Å². The minimum absolute atomic E-state index is 0.0237. The zero-order valence-corrected chi connectivity index (χ0v) is 11.6. The molecule has 0 aliphatic heterocycles. The Balaban J connectivity index is 2.22. The van der Waals surface area contributed by atoms with Crippen LogP contribution in [0, 0.1) is 10.1 Å². The smallest absolute Gasteiger partial charge is 0.291 e. The lowest BCUT2D eigenvalue weighted by molar-refractivity contribution is -0.385. The molecule has 0 spiro atoms. The van der Waals surface area contributed by atoms with E-state index in [1.165, 1.54) is 30.3 Å². The number of nitrogens with zero attached hydrogens (tertiary/aromatic N) is 1. The van der Waals surface area contributed by atoms with Gasteiger partial charge in [-0.15, -0.1) is 0 Å². The van der Waals surface area contributed by atoms with Crippen LogP contribution in [0.25, 0.3) is 0 Å². The second-order valence-electron chi connectivity index (χ2n) is 3.48. The molecule has 1 aromatic heterocycles. The van der Waals surface area contributed by atoms with Gasteiger partial charge in [-0.25, -0.2) is 0 Å². The molecule has 0 unspecified atom stereocenters. The summed E-state index contributed by atoms with van der Waals surface area (Å²) >= 11 is 8.61. The molecule has 0 saturated carbocycles. The molecule has 0 aliphatic rings. The minimum atomic E-state index is -0.552. The number of nitrogens with one attached hydrogen (secondary N) is 1. The van der Waals surface area contributed by atoms with Crippen molar-refractivity contribution in [2.75, 3.05) is 5.32 Å². The number of anilines is 1. The first kappa shape index (κ1) is 13.6. The standard InChI is InChI=1S/C11H6BrClN2O4/c12-7-2-1-6(5-8(7)15(17)18)14-11(16)9-3-4-10(13)19-9/h1-5H,(H,14,16). The van der Waals surface area contributed by atoms with E-state index < -0.39 is 10.8 Å². The number of benzene rings is 1. The van der Waals surface area contributed by atoms with E-state index in [4.69, 9.17) is 16.0 Å². The Morgan fingerprint density at radius 1 is 1.37 bits per heavy atom. The van der Waals surface area contributed by atoms with Crippen LogP contribution in [0.1, 0.15) is 10.6 Å². The predicted molar refractivity (Wildman–Crippen MR) is 72.5 cm³/mol. The molecule has 2 aromatic rings. The maximum atomic E-state index is 11.7. The van der Waals surface area contributed by atoms with Gasteiger partial charge in [0.2, 0.25) is 0 Å². The molecule has 0 bridgehead atoms. The van der Waals surface area contributed by atoms with Crippen molar-refractivity contribution in [2.45, 2.75) is 0 Å². The van der Waals surface area contributed by atoms with Crippen molar-refractivity contribution in [2.24, 2.45) is 0 Å². The summed E-state index contributed by atoms with van der Waals surface area (Å²) in [6.45, 7) is 0. The van der Waals surface area contributed by atoms with E-state index in [1.807, 2.05) is 0 Å². The zero-order chi connectivity index (χ0) is 14.0. The van der Waals surface area contributed by atoms with E-state index in [0.717, 1.165) is 0 Å². The predicted octanol–water partition coefficient (Wildman–Crippen LogP) is 3.86. The lowest BCUT2D eigenvalue weighted by Crippen LogP contribution is -2.11. The summed E-state index contributed by atoms with van der Waals surface area (Å²) in [5.41, 5.74) is 0.141. The van der Waals surface area contributed by atoms with Crippen LogP contribution in [0.15, 0.2) is 39.2 Å². The molecular weight excluding hydrogens is 339 g/mol. The van der Waals surface area contributed by atoms with Crippen LogP contribution in [0.2, 0.25) is 5.22 Å². The number of rotatable bonds is 3. The van der Waals surface area contributed by atoms with E-state index >= 15 is 0 Å². The van der Waals surface area contributed by atoms with Crippen LogP contribution in [-0.2, 0) is 0 Å². The summed E-state index contributed by atoms with van der Waals surface area (Å²) in [4.78, 5) is 22.0. The van der Waals surface area contributed by atoms with E-state index in [1.54, 1.807) is 0 Å². The largest absolute Gasteiger partial charge is 0.440 e. The van der Waals surface area contributed by atoms with E-state index in [2.05, 4.69) is 21.2 Å². The first-order chi connectivity index (χ1) is 8.97. The Morgan fingerprint density at radius 2 is 2.11 bits per heavy atom. The quantitative estimate of drug-likeness (QED) is 0.676. The highest BCUT2D eigenvalue weighted by Crippen LogP contribution is 2.28. The van der Waals surface area contributed by atoms with E-state index in [-0.39, 0.29) is 22.4 Å². The molecule has 19 heavy (non-hydrogen) atoms. The first-order valence-electron chi connectivity index (χ1n) is 4.98. The Bertz CT molecular complexity index is 656. The second-order valence-corrected chi connectivity index (χ2v) is 4.71. The topological polar surface area (TPSA) is 85.4 Å². The summed E-state index contributed by atoms with van der Waals surface area (Å²) in [5.74, 6) is -0.515. The molecule has 1 amide bonds. The molecule has 1 heterocycles. The molecule has 0 aliphatic carbocycles. The minimum Gasteiger partial charge on any atom is -0.440 e. The summed E-state index contributed by atoms with van der Waals surface area (Å²) in [6.07, 6.45) is 0. The number of carbonyl (C=O) groups is 1. The molecule has 1 aromatic carbocycles. The Morgan fingerprint density at radius 3 is 2.68 bits per heavy atom. The third-order valence-electron chi connectivity index (χ3n) is 2.20. The fourth-order valence-electron chi connectivity index (χ4n) is 1.36. The average Bonchev–Trinajstić information content (AvgIpc) is 2.78. The highest BCUT2D eigenvalue weighted by molar-refractivity contribution is 9.10. The fraction of sp³-hybridized carbons (Fsp3) is 0. The zero-order valence-electron chi connectivity index (χ0n) is 9.22. The van der Waals surface area contributed by atoms with Gasteiger partial charge in [-0.1, -0.05) is 0 Å². The van der Waals surface area contributed by atoms with Crippen molar-refractivity contribution in [3.8, 4) is 0 Å². The normalized spacial score (nSPS) is 10.2. The Labute approximate surface area is 120 Å². The van der Waals surface area contributed by atoms with Crippen molar-refractivity contribution in [3.05, 3.63) is 55.9 Å².